The summed E-state index contributed by atoms with van der Waals surface area (Å²) in [5, 5.41) is 11.6. The van der Waals surface area contributed by atoms with Crippen molar-refractivity contribution in [2.24, 2.45) is 0 Å². The van der Waals surface area contributed by atoms with Crippen LogP contribution in [-0.4, -0.2) is 22.3 Å². The maximum atomic E-state index is 14.0. The average molecular weight is 378 g/mol. The van der Waals surface area contributed by atoms with Crippen LogP contribution >= 0.6 is 0 Å². The fraction of sp³-hybridized carbons (Fsp3) is 0.100. The molecule has 1 amide bonds. The molecule has 7 nitrogen and oxygen atoms in total. The summed E-state index contributed by atoms with van der Waals surface area (Å²) in [6.07, 6.45) is 2.59. The Morgan fingerprint density at radius 2 is 2.07 bits per heavy atom. The van der Waals surface area contributed by atoms with Gasteiger partial charge >= 0.3 is 0 Å². The molecule has 0 bridgehead atoms. The fourth-order valence-electron chi connectivity index (χ4n) is 2.55. The van der Waals surface area contributed by atoms with E-state index in [0.717, 1.165) is 6.08 Å². The molecule has 0 spiro atoms. The van der Waals surface area contributed by atoms with Gasteiger partial charge in [0.15, 0.2) is 11.6 Å². The van der Waals surface area contributed by atoms with Crippen molar-refractivity contribution >= 4 is 17.6 Å². The first kappa shape index (κ1) is 18.8. The molecule has 140 valence electrons. The minimum absolute atomic E-state index is 0.138. The normalized spacial score (nSPS) is 11.1. The summed E-state index contributed by atoms with van der Waals surface area (Å²) in [4.78, 5) is 29.2. The zero-order valence-corrected chi connectivity index (χ0v) is 15.1. The van der Waals surface area contributed by atoms with E-state index in [1.165, 1.54) is 35.8 Å². The van der Waals surface area contributed by atoms with E-state index >= 15 is 0 Å². The number of para-hydroxylation sites is 1. The quantitative estimate of drug-likeness (QED) is 0.556. The number of carbonyl (C=O) groups is 1. The number of halogens is 1. The molecule has 0 saturated heterocycles. The smallest absolute Gasteiger partial charge is 0.269 e. The number of benzene rings is 1. The summed E-state index contributed by atoms with van der Waals surface area (Å²) in [5.41, 5.74) is -0.00894. The average Bonchev–Trinajstić information content (AvgIpc) is 2.70. The topological polar surface area (TPSA) is 96.5 Å². The highest BCUT2D eigenvalue weighted by Crippen LogP contribution is 2.26. The molecule has 0 fully saturated rings. The Hall–Kier alpha value is -3.99. The number of fused-ring (bicyclic) bond motifs is 1. The molecule has 1 aromatic carbocycles. The number of hydrogen-bond acceptors (Lipinski definition) is 5. The third-order valence-corrected chi connectivity index (χ3v) is 3.97. The van der Waals surface area contributed by atoms with Crippen LogP contribution in [0.5, 0.6) is 11.6 Å². The molecule has 0 aliphatic rings. The van der Waals surface area contributed by atoms with Crippen LogP contribution in [0.2, 0.25) is 0 Å². The Labute approximate surface area is 159 Å². The SMILES string of the molecule is CNC(=O)/C(C#N)=C/c1c(Oc2ccccc2F)nc2c(C)cccn2c1=O. The number of amides is 1. The second-order valence-corrected chi connectivity index (χ2v) is 5.80. The molecule has 2 aromatic heterocycles. The van der Waals surface area contributed by atoms with Crippen molar-refractivity contribution in [1.29, 1.82) is 5.26 Å². The molecule has 0 aliphatic heterocycles. The maximum Gasteiger partial charge on any atom is 0.269 e. The van der Waals surface area contributed by atoms with Gasteiger partial charge in [-0.1, -0.05) is 18.2 Å². The number of carbonyl (C=O) groups excluding carboxylic acids is 1. The first-order valence-corrected chi connectivity index (χ1v) is 8.24. The van der Waals surface area contributed by atoms with Crippen LogP contribution < -0.4 is 15.6 Å². The molecule has 3 rings (SSSR count). The van der Waals surface area contributed by atoms with Crippen molar-refractivity contribution in [3.63, 3.8) is 0 Å². The highest BCUT2D eigenvalue weighted by molar-refractivity contribution is 6.01. The molecule has 0 atom stereocenters. The first-order valence-electron chi connectivity index (χ1n) is 8.24. The summed E-state index contributed by atoms with van der Waals surface area (Å²) >= 11 is 0. The second-order valence-electron chi connectivity index (χ2n) is 5.80. The van der Waals surface area contributed by atoms with E-state index in [9.17, 15) is 19.2 Å². The molecule has 1 N–H and O–H groups in total. The fourth-order valence-corrected chi connectivity index (χ4v) is 2.55. The molecule has 8 heteroatoms. The number of aromatic nitrogens is 2. The number of likely N-dealkylation sites (N-methyl/N-ethyl adjacent to an activating group) is 1. The van der Waals surface area contributed by atoms with E-state index in [0.29, 0.717) is 11.2 Å². The van der Waals surface area contributed by atoms with Crippen LogP contribution in [0.25, 0.3) is 11.7 Å². The van der Waals surface area contributed by atoms with E-state index in [-0.39, 0.29) is 22.8 Å². The Kier molecular flexibility index (Phi) is 5.18. The number of rotatable bonds is 4. The number of hydrogen-bond donors (Lipinski definition) is 1. The van der Waals surface area contributed by atoms with Gasteiger partial charge < -0.3 is 10.1 Å². The summed E-state index contributed by atoms with van der Waals surface area (Å²) in [6.45, 7) is 1.76. The monoisotopic (exact) mass is 378 g/mol. The van der Waals surface area contributed by atoms with Crippen LogP contribution in [0.4, 0.5) is 4.39 Å². The van der Waals surface area contributed by atoms with Gasteiger partial charge in [-0.15, -0.1) is 0 Å². The highest BCUT2D eigenvalue weighted by atomic mass is 19.1. The van der Waals surface area contributed by atoms with Gasteiger partial charge in [0, 0.05) is 13.2 Å². The number of ether oxygens (including phenoxy) is 1. The van der Waals surface area contributed by atoms with Crippen LogP contribution in [0.15, 0.2) is 53.0 Å². The molecule has 0 saturated carbocycles. The summed E-state index contributed by atoms with van der Waals surface area (Å²) in [7, 11) is 1.36. The van der Waals surface area contributed by atoms with Crippen LogP contribution in [0.1, 0.15) is 11.1 Å². The molecule has 0 aliphatic carbocycles. The number of pyridine rings is 1. The number of nitrogens with zero attached hydrogens (tertiary/aromatic N) is 3. The van der Waals surface area contributed by atoms with Gasteiger partial charge in [-0.05, 0) is 36.8 Å². The van der Waals surface area contributed by atoms with Gasteiger partial charge in [0.1, 0.15) is 22.9 Å². The molecule has 3 aromatic rings. The zero-order valence-electron chi connectivity index (χ0n) is 15.1. The van der Waals surface area contributed by atoms with E-state index in [1.54, 1.807) is 31.2 Å². The Bertz CT molecular complexity index is 1210. The number of nitriles is 1. The standard InChI is InChI=1S/C20H15FN4O3/c1-12-6-5-9-25-17(12)24-19(28-16-8-4-3-7-15(16)21)14(20(25)27)10-13(11-22)18(26)23-2/h3-10H,1-2H3,(H,23,26)/b13-10+. The van der Waals surface area contributed by atoms with E-state index in [4.69, 9.17) is 4.74 Å². The lowest BCUT2D eigenvalue weighted by molar-refractivity contribution is -0.116. The van der Waals surface area contributed by atoms with Gasteiger partial charge in [-0.3, -0.25) is 14.0 Å². The van der Waals surface area contributed by atoms with Crippen molar-refractivity contribution in [3.05, 3.63) is 75.5 Å². The third-order valence-electron chi connectivity index (χ3n) is 3.97. The summed E-state index contributed by atoms with van der Waals surface area (Å²) in [5.74, 6) is -1.66. The Morgan fingerprint density at radius 1 is 1.32 bits per heavy atom. The molecule has 28 heavy (non-hydrogen) atoms. The predicted molar refractivity (Wildman–Crippen MR) is 100 cm³/mol. The van der Waals surface area contributed by atoms with Crippen LogP contribution in [0, 0.1) is 24.1 Å². The van der Waals surface area contributed by atoms with Crippen molar-refractivity contribution < 1.29 is 13.9 Å². The third kappa shape index (κ3) is 3.46. The molecule has 0 unspecified atom stereocenters. The second kappa shape index (κ2) is 7.72. The lowest BCUT2D eigenvalue weighted by Crippen LogP contribution is -2.22. The molecular formula is C20H15FN4O3. The number of nitrogens with one attached hydrogen (secondary N) is 1. The lowest BCUT2D eigenvalue weighted by Gasteiger charge is -2.11. The first-order chi connectivity index (χ1) is 13.5. The van der Waals surface area contributed by atoms with E-state index < -0.39 is 17.3 Å². The van der Waals surface area contributed by atoms with Gasteiger partial charge in [0.2, 0.25) is 5.88 Å². The van der Waals surface area contributed by atoms with Crippen molar-refractivity contribution in [3.8, 4) is 17.7 Å². The Morgan fingerprint density at radius 3 is 2.75 bits per heavy atom. The van der Waals surface area contributed by atoms with Crippen LogP contribution in [0.3, 0.4) is 0 Å². The largest absolute Gasteiger partial charge is 0.435 e. The molecule has 2 heterocycles. The van der Waals surface area contributed by atoms with Gasteiger partial charge in [-0.2, -0.15) is 10.2 Å². The number of aryl methyl sites for hydroxylation is 1. The highest BCUT2D eigenvalue weighted by Gasteiger charge is 2.18. The van der Waals surface area contributed by atoms with Crippen molar-refractivity contribution in [2.75, 3.05) is 7.05 Å². The van der Waals surface area contributed by atoms with Crippen molar-refractivity contribution in [1.82, 2.24) is 14.7 Å². The van der Waals surface area contributed by atoms with E-state index in [2.05, 4.69) is 10.3 Å². The van der Waals surface area contributed by atoms with Gasteiger partial charge in [0.25, 0.3) is 11.5 Å². The van der Waals surface area contributed by atoms with Crippen LogP contribution in [-0.2, 0) is 4.79 Å². The molecular weight excluding hydrogens is 363 g/mol. The maximum absolute atomic E-state index is 14.0. The zero-order chi connectivity index (χ0) is 20.3. The summed E-state index contributed by atoms with van der Waals surface area (Å²) in [6, 6.07) is 10.8. The minimum atomic E-state index is -0.673. The lowest BCUT2D eigenvalue weighted by atomic mass is 10.1. The molecule has 0 radical (unpaired) electrons. The van der Waals surface area contributed by atoms with Gasteiger partial charge in [0.05, 0.1) is 0 Å². The van der Waals surface area contributed by atoms with E-state index in [1.807, 2.05) is 0 Å². The summed E-state index contributed by atoms with van der Waals surface area (Å²) < 4.78 is 20.9. The van der Waals surface area contributed by atoms with Gasteiger partial charge in [-0.25, -0.2) is 4.39 Å². The van der Waals surface area contributed by atoms with Crippen molar-refractivity contribution in [2.45, 2.75) is 6.92 Å². The minimum Gasteiger partial charge on any atom is -0.435 e. The Balaban J connectivity index is 2.31. The predicted octanol–water partition coefficient (Wildman–Crippen LogP) is 2.59.